The zero-order valence-corrected chi connectivity index (χ0v) is 18.1. The monoisotopic (exact) mass is 448 g/mol. The number of fused-ring (bicyclic) bond motifs is 1. The van der Waals surface area contributed by atoms with E-state index in [1.54, 1.807) is 13.0 Å². The maximum Gasteiger partial charge on any atom is 0.407 e. The predicted octanol–water partition coefficient (Wildman–Crippen LogP) is 1.67. The molecule has 0 unspecified atom stereocenters. The number of amides is 1. The molecule has 0 bridgehead atoms. The minimum Gasteiger partial charge on any atom is -0.485 e. The number of carbonyl (C=O) groups is 1. The van der Waals surface area contributed by atoms with Gasteiger partial charge in [0.05, 0.1) is 17.9 Å². The van der Waals surface area contributed by atoms with Crippen molar-refractivity contribution in [2.75, 3.05) is 42.7 Å². The number of anilines is 3. The molecule has 4 heterocycles. The van der Waals surface area contributed by atoms with Crippen LogP contribution in [0, 0.1) is 6.92 Å². The number of hydrogen-bond acceptors (Lipinski definition) is 9. The topological polar surface area (TPSA) is 138 Å². The fourth-order valence-corrected chi connectivity index (χ4v) is 4.49. The smallest absolute Gasteiger partial charge is 0.407 e. The third-order valence-electron chi connectivity index (χ3n) is 5.50. The highest BCUT2D eigenvalue weighted by molar-refractivity contribution is 7.90. The van der Waals surface area contributed by atoms with Crippen molar-refractivity contribution in [2.24, 2.45) is 0 Å². The van der Waals surface area contributed by atoms with Crippen molar-refractivity contribution in [3.8, 4) is 5.75 Å². The molecule has 12 heteroatoms. The number of aryl methyl sites for hydroxylation is 1. The maximum atomic E-state index is 11.7. The number of sulfone groups is 1. The molecule has 0 atom stereocenters. The molecule has 166 valence electrons. The van der Waals surface area contributed by atoms with Gasteiger partial charge in [-0.05, 0) is 31.9 Å². The molecule has 4 rings (SSSR count). The third-order valence-corrected chi connectivity index (χ3v) is 6.49. The Bertz CT molecular complexity index is 1100. The van der Waals surface area contributed by atoms with E-state index in [1.807, 2.05) is 0 Å². The fourth-order valence-electron chi connectivity index (χ4n) is 3.87. The Morgan fingerprint density at radius 3 is 2.61 bits per heavy atom. The van der Waals surface area contributed by atoms with Gasteiger partial charge in [0.15, 0.2) is 26.5 Å². The van der Waals surface area contributed by atoms with Gasteiger partial charge in [0.1, 0.15) is 12.9 Å². The minimum atomic E-state index is -3.39. The zero-order chi connectivity index (χ0) is 22.2. The number of aromatic nitrogens is 3. The van der Waals surface area contributed by atoms with Crippen LogP contribution in [0.4, 0.5) is 22.1 Å². The average Bonchev–Trinajstić information content (AvgIpc) is 2.74. The molecule has 2 aliphatic heterocycles. The van der Waals surface area contributed by atoms with Crippen LogP contribution in [0.15, 0.2) is 23.5 Å². The molecule has 0 aromatic carbocycles. The van der Waals surface area contributed by atoms with Gasteiger partial charge in [-0.1, -0.05) is 0 Å². The zero-order valence-electron chi connectivity index (χ0n) is 17.3. The Kier molecular flexibility index (Phi) is 5.56. The summed E-state index contributed by atoms with van der Waals surface area (Å²) in [4.78, 5) is 27.7. The normalized spacial score (nSPS) is 17.1. The van der Waals surface area contributed by atoms with Gasteiger partial charge in [-0.15, -0.1) is 0 Å². The number of hydrogen-bond donors (Lipinski definition) is 2. The Labute approximate surface area is 180 Å². The third kappa shape index (κ3) is 4.33. The van der Waals surface area contributed by atoms with Gasteiger partial charge < -0.3 is 25.0 Å². The molecule has 11 nitrogen and oxygen atoms in total. The molecule has 1 fully saturated rings. The summed E-state index contributed by atoms with van der Waals surface area (Å²) >= 11 is 0. The van der Waals surface area contributed by atoms with E-state index in [1.165, 1.54) is 17.3 Å². The van der Waals surface area contributed by atoms with Gasteiger partial charge in [0, 0.05) is 25.4 Å². The lowest BCUT2D eigenvalue weighted by molar-refractivity contribution is 0.130. The van der Waals surface area contributed by atoms with E-state index in [9.17, 15) is 18.3 Å². The van der Waals surface area contributed by atoms with E-state index in [4.69, 9.17) is 4.74 Å². The van der Waals surface area contributed by atoms with E-state index in [0.717, 1.165) is 6.26 Å². The lowest BCUT2D eigenvalue weighted by atomic mass is 10.0. The average molecular weight is 449 g/mol. The van der Waals surface area contributed by atoms with Crippen molar-refractivity contribution in [1.82, 2.24) is 19.9 Å². The molecule has 0 saturated carbocycles. The summed E-state index contributed by atoms with van der Waals surface area (Å²) in [6.45, 7) is 3.80. The molecule has 2 aromatic rings. The Morgan fingerprint density at radius 2 is 1.97 bits per heavy atom. The Balaban J connectivity index is 1.57. The molecule has 0 aliphatic carbocycles. The largest absolute Gasteiger partial charge is 0.485 e. The highest BCUT2D eigenvalue weighted by Gasteiger charge is 2.32. The molecular weight excluding hydrogens is 424 g/mol. The summed E-state index contributed by atoms with van der Waals surface area (Å²) in [5.41, 5.74) is 1.13. The van der Waals surface area contributed by atoms with Crippen molar-refractivity contribution >= 4 is 33.3 Å². The number of likely N-dealkylation sites (tertiary alicyclic amines) is 1. The first-order valence-electron chi connectivity index (χ1n) is 9.91. The van der Waals surface area contributed by atoms with Crippen LogP contribution in [0.5, 0.6) is 5.75 Å². The van der Waals surface area contributed by atoms with Crippen LogP contribution in [0.3, 0.4) is 0 Å². The van der Waals surface area contributed by atoms with E-state index >= 15 is 0 Å². The standard InChI is InChI=1S/C19H24N6O5S/c1-12-14(3-4-15(22-12)31(2,28)29)23-17-16-18(21-11-20-17)25(9-10-30-16)13-5-7-24(8-6-13)19(26)27/h3-4,11,13H,5-10H2,1-2H3,(H,26,27)(H,20,21,23). The lowest BCUT2D eigenvalue weighted by Gasteiger charge is -2.40. The molecule has 0 radical (unpaired) electrons. The van der Waals surface area contributed by atoms with Crippen LogP contribution in [0.25, 0.3) is 0 Å². The van der Waals surface area contributed by atoms with Crippen LogP contribution in [-0.4, -0.2) is 78.0 Å². The first-order valence-corrected chi connectivity index (χ1v) is 11.8. The van der Waals surface area contributed by atoms with Crippen molar-refractivity contribution in [2.45, 2.75) is 30.8 Å². The Morgan fingerprint density at radius 1 is 1.23 bits per heavy atom. The highest BCUT2D eigenvalue weighted by Crippen LogP contribution is 2.38. The summed E-state index contributed by atoms with van der Waals surface area (Å²) in [7, 11) is -3.39. The van der Waals surface area contributed by atoms with Crippen LogP contribution in [0.1, 0.15) is 18.5 Å². The van der Waals surface area contributed by atoms with Gasteiger partial charge in [0.2, 0.25) is 5.75 Å². The molecule has 1 saturated heterocycles. The second-order valence-corrected chi connectivity index (χ2v) is 9.56. The quantitative estimate of drug-likeness (QED) is 0.710. The van der Waals surface area contributed by atoms with Gasteiger partial charge in [-0.25, -0.2) is 28.2 Å². The second-order valence-electron chi connectivity index (χ2n) is 7.60. The first-order chi connectivity index (χ1) is 14.7. The van der Waals surface area contributed by atoms with Gasteiger partial charge in [-0.3, -0.25) is 0 Å². The van der Waals surface area contributed by atoms with Crippen LogP contribution < -0.4 is 15.0 Å². The molecule has 2 aliphatic rings. The molecule has 0 spiro atoms. The number of piperidine rings is 1. The second kappa shape index (κ2) is 8.17. The summed E-state index contributed by atoms with van der Waals surface area (Å²) in [5, 5.41) is 12.4. The molecule has 31 heavy (non-hydrogen) atoms. The van der Waals surface area contributed by atoms with E-state index < -0.39 is 15.9 Å². The van der Waals surface area contributed by atoms with Crippen LogP contribution in [0.2, 0.25) is 0 Å². The molecule has 2 N–H and O–H groups in total. The summed E-state index contributed by atoms with van der Waals surface area (Å²) in [5.74, 6) is 1.64. The SMILES string of the molecule is Cc1nc(S(C)(=O)=O)ccc1Nc1ncnc2c1OCCN2C1CCN(C(=O)O)CC1. The van der Waals surface area contributed by atoms with Crippen molar-refractivity contribution in [1.29, 1.82) is 0 Å². The summed E-state index contributed by atoms with van der Waals surface area (Å²) in [6, 6.07) is 3.26. The van der Waals surface area contributed by atoms with Crippen molar-refractivity contribution in [3.63, 3.8) is 0 Å². The number of nitrogens with zero attached hydrogens (tertiary/aromatic N) is 5. The van der Waals surface area contributed by atoms with Gasteiger partial charge in [-0.2, -0.15) is 0 Å². The van der Waals surface area contributed by atoms with E-state index in [2.05, 4.69) is 25.2 Å². The van der Waals surface area contributed by atoms with E-state index in [0.29, 0.717) is 67.8 Å². The van der Waals surface area contributed by atoms with E-state index in [-0.39, 0.29) is 11.1 Å². The van der Waals surface area contributed by atoms with Gasteiger partial charge in [0.25, 0.3) is 0 Å². The molecule has 1 amide bonds. The number of nitrogens with one attached hydrogen (secondary N) is 1. The lowest BCUT2D eigenvalue weighted by Crippen LogP contribution is -2.49. The number of carboxylic acid groups (broad SMARTS) is 1. The van der Waals surface area contributed by atoms with Crippen LogP contribution >= 0.6 is 0 Å². The number of pyridine rings is 1. The van der Waals surface area contributed by atoms with Crippen molar-refractivity contribution < 1.29 is 23.1 Å². The fraction of sp³-hybridized carbons (Fsp3) is 0.474. The maximum absolute atomic E-state index is 11.7. The van der Waals surface area contributed by atoms with Crippen LogP contribution in [-0.2, 0) is 9.84 Å². The minimum absolute atomic E-state index is 0.00962. The Hall–Kier alpha value is -3.15. The highest BCUT2D eigenvalue weighted by atomic mass is 32.2. The van der Waals surface area contributed by atoms with Crippen molar-refractivity contribution in [3.05, 3.63) is 24.2 Å². The molecular formula is C19H24N6O5S. The summed E-state index contributed by atoms with van der Waals surface area (Å²) in [6.07, 6.45) is 3.11. The summed E-state index contributed by atoms with van der Waals surface area (Å²) < 4.78 is 29.3. The first kappa shape index (κ1) is 21.1. The predicted molar refractivity (Wildman–Crippen MR) is 113 cm³/mol. The number of rotatable bonds is 4. The molecule has 2 aromatic heterocycles. The van der Waals surface area contributed by atoms with Gasteiger partial charge >= 0.3 is 6.09 Å². The number of ether oxygens (including phenoxy) is 1.